The van der Waals surface area contributed by atoms with E-state index in [2.05, 4.69) is 43.5 Å². The normalized spacial score (nSPS) is 11.4. The summed E-state index contributed by atoms with van der Waals surface area (Å²) in [6.45, 7) is 0.585. The average Bonchev–Trinajstić information content (AvgIpc) is 3.50. The van der Waals surface area contributed by atoms with Crippen LogP contribution in [0, 0.1) is 0 Å². The van der Waals surface area contributed by atoms with E-state index in [0.717, 1.165) is 50.3 Å². The summed E-state index contributed by atoms with van der Waals surface area (Å²) in [5, 5.41) is 9.70. The number of nitrogens with zero attached hydrogens (tertiary/aromatic N) is 6. The van der Waals surface area contributed by atoms with Crippen molar-refractivity contribution in [3.63, 3.8) is 0 Å². The third-order valence-corrected chi connectivity index (χ3v) is 5.29. The molecule has 0 spiro atoms. The third kappa shape index (κ3) is 3.22. The van der Waals surface area contributed by atoms with E-state index >= 15 is 0 Å². The lowest BCUT2D eigenvalue weighted by atomic mass is 10.1. The van der Waals surface area contributed by atoms with Crippen LogP contribution in [-0.2, 0) is 6.54 Å². The van der Waals surface area contributed by atoms with E-state index in [9.17, 15) is 0 Å². The van der Waals surface area contributed by atoms with Gasteiger partial charge in [-0.25, -0.2) is 9.67 Å². The van der Waals surface area contributed by atoms with Gasteiger partial charge < -0.3 is 4.98 Å². The van der Waals surface area contributed by atoms with Crippen molar-refractivity contribution in [1.29, 1.82) is 0 Å². The first-order valence-electron chi connectivity index (χ1n) is 9.98. The minimum atomic E-state index is 0.585. The molecule has 31 heavy (non-hydrogen) atoms. The van der Waals surface area contributed by atoms with Gasteiger partial charge in [0, 0.05) is 29.5 Å². The lowest BCUT2D eigenvalue weighted by Crippen LogP contribution is -2.03. The maximum atomic E-state index is 4.83. The topological polar surface area (TPSA) is 85.2 Å². The van der Waals surface area contributed by atoms with Gasteiger partial charge in [-0.05, 0) is 60.2 Å². The Labute approximate surface area is 177 Å². The zero-order chi connectivity index (χ0) is 20.6. The Morgan fingerprint density at radius 3 is 2.65 bits per heavy atom. The number of hydrogen-bond acceptors (Lipinski definition) is 5. The van der Waals surface area contributed by atoms with Crippen molar-refractivity contribution in [2.75, 3.05) is 0 Å². The zero-order valence-corrected chi connectivity index (χ0v) is 16.5. The Bertz CT molecular complexity index is 1500. The fourth-order valence-electron chi connectivity index (χ4n) is 3.71. The first-order chi connectivity index (χ1) is 15.3. The van der Waals surface area contributed by atoms with Crippen LogP contribution >= 0.6 is 0 Å². The maximum Gasteiger partial charge on any atom is 0.179 e. The molecule has 148 valence electrons. The first kappa shape index (κ1) is 17.5. The molecule has 0 radical (unpaired) electrons. The molecule has 6 rings (SSSR count). The van der Waals surface area contributed by atoms with E-state index in [1.165, 1.54) is 0 Å². The summed E-state index contributed by atoms with van der Waals surface area (Å²) >= 11 is 0. The third-order valence-electron chi connectivity index (χ3n) is 5.29. The fourth-order valence-corrected chi connectivity index (χ4v) is 3.71. The summed E-state index contributed by atoms with van der Waals surface area (Å²) in [7, 11) is 0. The van der Waals surface area contributed by atoms with Crippen LogP contribution in [0.4, 0.5) is 0 Å². The molecule has 0 aliphatic rings. The average molecular weight is 403 g/mol. The first-order valence-corrected chi connectivity index (χ1v) is 9.98. The minimum absolute atomic E-state index is 0.585. The van der Waals surface area contributed by atoms with Crippen molar-refractivity contribution in [2.24, 2.45) is 0 Å². The van der Waals surface area contributed by atoms with Gasteiger partial charge in [0.1, 0.15) is 5.52 Å². The van der Waals surface area contributed by atoms with Gasteiger partial charge in [-0.3, -0.25) is 9.97 Å². The highest BCUT2D eigenvalue weighted by molar-refractivity contribution is 5.79. The molecule has 6 aromatic rings. The summed E-state index contributed by atoms with van der Waals surface area (Å²) < 4.78 is 1.83. The van der Waals surface area contributed by atoms with Crippen LogP contribution in [-0.4, -0.2) is 34.9 Å². The van der Waals surface area contributed by atoms with Gasteiger partial charge in [0.25, 0.3) is 0 Å². The Hall–Kier alpha value is -4.39. The van der Waals surface area contributed by atoms with E-state index in [4.69, 9.17) is 4.98 Å². The van der Waals surface area contributed by atoms with Gasteiger partial charge in [-0.1, -0.05) is 17.3 Å². The molecule has 1 aromatic carbocycles. The Morgan fingerprint density at radius 1 is 0.839 bits per heavy atom. The van der Waals surface area contributed by atoms with E-state index in [1.807, 2.05) is 65.6 Å². The molecule has 0 amide bonds. The van der Waals surface area contributed by atoms with Gasteiger partial charge >= 0.3 is 0 Å². The standard InChI is InChI=1S/C24H17N7/c1-3-17-13-16(5-7-19(17)25-11-1)15-31-24-23(29-30-31)10-9-20(28-24)18-6-8-22(27-14-18)21-4-2-12-26-21/h1-14,26H,15H2. The SMILES string of the molecule is c1c[nH]c(-c2ccc(-c3ccc4nnn(Cc5ccc6ncccc6c5)c4n3)cn2)c1. The molecular weight excluding hydrogens is 386 g/mol. The Morgan fingerprint density at radius 2 is 1.77 bits per heavy atom. The van der Waals surface area contributed by atoms with Crippen LogP contribution in [0.3, 0.4) is 0 Å². The molecular formula is C24H17N7. The maximum absolute atomic E-state index is 4.83. The molecule has 5 heterocycles. The second-order valence-electron chi connectivity index (χ2n) is 7.33. The van der Waals surface area contributed by atoms with Crippen LogP contribution in [0.2, 0.25) is 0 Å². The second-order valence-corrected chi connectivity index (χ2v) is 7.33. The number of benzene rings is 1. The van der Waals surface area contributed by atoms with Crippen molar-refractivity contribution in [2.45, 2.75) is 6.54 Å². The molecule has 0 unspecified atom stereocenters. The lowest BCUT2D eigenvalue weighted by Gasteiger charge is -2.06. The van der Waals surface area contributed by atoms with Crippen LogP contribution < -0.4 is 0 Å². The highest BCUT2D eigenvalue weighted by Crippen LogP contribution is 2.23. The molecule has 1 N–H and O–H groups in total. The van der Waals surface area contributed by atoms with Gasteiger partial charge in [0.05, 0.1) is 29.1 Å². The van der Waals surface area contributed by atoms with Crippen LogP contribution in [0.25, 0.3) is 44.7 Å². The van der Waals surface area contributed by atoms with Gasteiger partial charge in [0.15, 0.2) is 5.65 Å². The summed E-state index contributed by atoms with van der Waals surface area (Å²) in [5.41, 5.74) is 7.28. The minimum Gasteiger partial charge on any atom is -0.360 e. The summed E-state index contributed by atoms with van der Waals surface area (Å²) in [4.78, 5) is 17.0. The number of hydrogen-bond donors (Lipinski definition) is 1. The highest BCUT2D eigenvalue weighted by atomic mass is 15.4. The van der Waals surface area contributed by atoms with Crippen molar-refractivity contribution in [3.8, 4) is 22.6 Å². The molecule has 5 aromatic heterocycles. The molecule has 0 atom stereocenters. The van der Waals surface area contributed by atoms with Crippen LogP contribution in [0.15, 0.2) is 85.3 Å². The number of H-pyrrole nitrogens is 1. The van der Waals surface area contributed by atoms with E-state index in [1.54, 1.807) is 6.20 Å². The van der Waals surface area contributed by atoms with Crippen molar-refractivity contribution in [1.82, 2.24) is 34.9 Å². The number of rotatable bonds is 4. The molecule has 0 fully saturated rings. The molecule has 7 nitrogen and oxygen atoms in total. The molecule has 0 aliphatic carbocycles. The number of pyridine rings is 3. The molecule has 0 saturated heterocycles. The number of nitrogens with one attached hydrogen (secondary N) is 1. The van der Waals surface area contributed by atoms with Crippen molar-refractivity contribution < 1.29 is 0 Å². The molecule has 0 aliphatic heterocycles. The molecule has 0 saturated carbocycles. The number of fused-ring (bicyclic) bond motifs is 2. The fraction of sp³-hybridized carbons (Fsp3) is 0.0417. The predicted molar refractivity (Wildman–Crippen MR) is 119 cm³/mol. The van der Waals surface area contributed by atoms with Gasteiger partial charge in [-0.15, -0.1) is 5.10 Å². The summed E-state index contributed by atoms with van der Waals surface area (Å²) in [6.07, 6.45) is 5.54. The van der Waals surface area contributed by atoms with Crippen molar-refractivity contribution >= 4 is 22.1 Å². The quantitative estimate of drug-likeness (QED) is 0.469. The predicted octanol–water partition coefficient (Wildman–Crippen LogP) is 4.48. The van der Waals surface area contributed by atoms with E-state index < -0.39 is 0 Å². The smallest absolute Gasteiger partial charge is 0.179 e. The summed E-state index contributed by atoms with van der Waals surface area (Å²) in [5.74, 6) is 0. The largest absolute Gasteiger partial charge is 0.360 e. The van der Waals surface area contributed by atoms with Gasteiger partial charge in [-0.2, -0.15) is 0 Å². The number of aromatic nitrogens is 7. The zero-order valence-electron chi connectivity index (χ0n) is 16.5. The van der Waals surface area contributed by atoms with Crippen molar-refractivity contribution in [3.05, 3.63) is 90.9 Å². The van der Waals surface area contributed by atoms with Crippen LogP contribution in [0.5, 0.6) is 0 Å². The Kier molecular flexibility index (Phi) is 4.02. The van der Waals surface area contributed by atoms with Gasteiger partial charge in [0.2, 0.25) is 0 Å². The monoisotopic (exact) mass is 403 g/mol. The van der Waals surface area contributed by atoms with Crippen LogP contribution in [0.1, 0.15) is 5.56 Å². The number of aromatic amines is 1. The second kappa shape index (κ2) is 7.14. The Balaban J connectivity index is 1.34. The molecule has 0 bridgehead atoms. The molecule has 7 heteroatoms. The van der Waals surface area contributed by atoms with E-state index in [0.29, 0.717) is 6.54 Å². The summed E-state index contributed by atoms with van der Waals surface area (Å²) in [6, 6.07) is 22.1. The van der Waals surface area contributed by atoms with E-state index in [-0.39, 0.29) is 0 Å². The highest BCUT2D eigenvalue weighted by Gasteiger charge is 2.10. The lowest BCUT2D eigenvalue weighted by molar-refractivity contribution is 0.665.